The van der Waals surface area contributed by atoms with Crippen molar-refractivity contribution in [1.29, 1.82) is 0 Å². The predicted octanol–water partition coefficient (Wildman–Crippen LogP) is 16.9. The number of hydrogen-bond donors (Lipinski definition) is 0. The lowest BCUT2D eigenvalue weighted by molar-refractivity contribution is 0.866. The second-order valence-corrected chi connectivity index (χ2v) is 17.6. The molecule has 0 bridgehead atoms. The van der Waals surface area contributed by atoms with Crippen molar-refractivity contribution >= 4 is 93.8 Å². The molecule has 3 nitrogen and oxygen atoms in total. The first-order valence-electron chi connectivity index (χ1n) is 21.7. The monoisotopic (exact) mass is 787 g/mol. The molecular formula is C58H49N3. The van der Waals surface area contributed by atoms with Gasteiger partial charge in [-0.1, -0.05) is 113 Å². The van der Waals surface area contributed by atoms with Gasteiger partial charge in [-0.3, -0.25) is 0 Å². The Kier molecular flexibility index (Phi) is 8.65. The molecule has 11 aromatic rings. The summed E-state index contributed by atoms with van der Waals surface area (Å²) in [6, 6.07) is 66.1. The van der Waals surface area contributed by atoms with Gasteiger partial charge in [-0.15, -0.1) is 0 Å². The highest BCUT2D eigenvalue weighted by Crippen LogP contribution is 2.47. The summed E-state index contributed by atoms with van der Waals surface area (Å²) in [7, 11) is 0. The second-order valence-electron chi connectivity index (χ2n) is 17.6. The van der Waals surface area contributed by atoms with Gasteiger partial charge in [0, 0.05) is 55.7 Å². The van der Waals surface area contributed by atoms with Crippen LogP contribution in [-0.4, -0.2) is 4.40 Å². The molecule has 3 heteroatoms. The van der Waals surface area contributed by atoms with Gasteiger partial charge in [0.15, 0.2) is 0 Å². The number of benzene rings is 9. The zero-order chi connectivity index (χ0) is 41.5. The van der Waals surface area contributed by atoms with Crippen LogP contribution in [0.3, 0.4) is 0 Å². The normalized spacial score (nSPS) is 12.1. The number of rotatable bonds is 8. The van der Waals surface area contributed by atoms with E-state index in [4.69, 9.17) is 0 Å². The smallest absolute Gasteiger partial charge is 0.0627 e. The molecule has 0 saturated heterocycles. The average molecular weight is 788 g/mol. The maximum atomic E-state index is 2.55. The van der Waals surface area contributed by atoms with Crippen LogP contribution < -0.4 is 9.80 Å². The van der Waals surface area contributed by atoms with E-state index in [1.807, 2.05) is 0 Å². The Bertz CT molecular complexity index is 3300. The van der Waals surface area contributed by atoms with Crippen molar-refractivity contribution in [3.63, 3.8) is 0 Å². The van der Waals surface area contributed by atoms with Crippen LogP contribution in [0.25, 0.3) is 59.6 Å². The van der Waals surface area contributed by atoms with Gasteiger partial charge in [0.1, 0.15) is 0 Å². The maximum Gasteiger partial charge on any atom is 0.0627 e. The molecule has 0 N–H and O–H groups in total. The van der Waals surface area contributed by atoms with E-state index in [-0.39, 0.29) is 0 Å². The number of aryl methyl sites for hydroxylation is 2. The van der Waals surface area contributed by atoms with Gasteiger partial charge in [-0.2, -0.15) is 0 Å². The fourth-order valence-electron chi connectivity index (χ4n) is 9.72. The van der Waals surface area contributed by atoms with Gasteiger partial charge in [0.25, 0.3) is 0 Å². The summed E-state index contributed by atoms with van der Waals surface area (Å²) in [5.41, 5.74) is 15.7. The Labute approximate surface area is 358 Å². The van der Waals surface area contributed by atoms with Crippen LogP contribution in [0.1, 0.15) is 61.8 Å². The number of aromatic nitrogens is 1. The molecule has 11 rings (SSSR count). The molecule has 61 heavy (non-hydrogen) atoms. The first-order chi connectivity index (χ1) is 29.7. The highest BCUT2D eigenvalue weighted by molar-refractivity contribution is 6.32. The Morgan fingerprint density at radius 3 is 1.43 bits per heavy atom. The fourth-order valence-corrected chi connectivity index (χ4v) is 9.72. The van der Waals surface area contributed by atoms with Crippen molar-refractivity contribution in [2.45, 2.75) is 53.4 Å². The van der Waals surface area contributed by atoms with Gasteiger partial charge in [-0.05, 0) is 160 Å². The molecule has 0 spiro atoms. The van der Waals surface area contributed by atoms with Crippen molar-refractivity contribution in [3.05, 3.63) is 198 Å². The summed E-state index contributed by atoms with van der Waals surface area (Å²) in [6.07, 6.45) is 0. The third-order valence-electron chi connectivity index (χ3n) is 12.9. The molecule has 2 heterocycles. The molecule has 9 aromatic carbocycles. The van der Waals surface area contributed by atoms with Crippen LogP contribution in [0.5, 0.6) is 0 Å². The Morgan fingerprint density at radius 2 is 0.852 bits per heavy atom. The minimum absolute atomic E-state index is 0.467. The zero-order valence-corrected chi connectivity index (χ0v) is 35.7. The maximum absolute atomic E-state index is 2.55. The molecule has 0 aliphatic carbocycles. The van der Waals surface area contributed by atoms with Crippen LogP contribution in [0.15, 0.2) is 176 Å². The van der Waals surface area contributed by atoms with Crippen LogP contribution in [-0.2, 0) is 0 Å². The van der Waals surface area contributed by atoms with Crippen molar-refractivity contribution in [3.8, 4) is 0 Å². The van der Waals surface area contributed by atoms with Crippen LogP contribution in [0.4, 0.5) is 34.1 Å². The van der Waals surface area contributed by atoms with E-state index in [9.17, 15) is 0 Å². The molecule has 0 amide bonds. The molecule has 0 radical (unpaired) electrons. The summed E-state index contributed by atoms with van der Waals surface area (Å²) < 4.78 is 2.55. The van der Waals surface area contributed by atoms with Gasteiger partial charge < -0.3 is 14.2 Å². The SMILES string of the molecule is Cc1cccc(N(c2ccc(C(C)C)cc2)c2ccc3cc4c5ccc(N(c6ccc(C(C)C)cc6)c6cccc(C)c6)cc5n5c6cc7ccccc7cc6c(c3c2)c45)c1. The van der Waals surface area contributed by atoms with Crippen molar-refractivity contribution in [1.82, 2.24) is 4.40 Å². The molecule has 0 saturated carbocycles. The quantitative estimate of drug-likeness (QED) is 0.152. The van der Waals surface area contributed by atoms with E-state index in [2.05, 4.69) is 232 Å². The summed E-state index contributed by atoms with van der Waals surface area (Å²) in [4.78, 5) is 4.83. The molecule has 0 aliphatic rings. The number of hydrogen-bond acceptors (Lipinski definition) is 2. The van der Waals surface area contributed by atoms with E-state index < -0.39 is 0 Å². The summed E-state index contributed by atoms with van der Waals surface area (Å²) >= 11 is 0. The van der Waals surface area contributed by atoms with E-state index in [0.29, 0.717) is 11.8 Å². The molecular weight excluding hydrogens is 739 g/mol. The van der Waals surface area contributed by atoms with Crippen molar-refractivity contribution < 1.29 is 0 Å². The fraction of sp³-hybridized carbons (Fsp3) is 0.138. The Morgan fingerprint density at radius 1 is 0.361 bits per heavy atom. The number of nitrogens with zero attached hydrogens (tertiary/aromatic N) is 3. The van der Waals surface area contributed by atoms with E-state index in [1.54, 1.807) is 0 Å². The zero-order valence-electron chi connectivity index (χ0n) is 35.7. The number of anilines is 6. The topological polar surface area (TPSA) is 10.9 Å². The first kappa shape index (κ1) is 36.9. The largest absolute Gasteiger partial charge is 0.310 e. The highest BCUT2D eigenvalue weighted by atomic mass is 15.1. The minimum atomic E-state index is 0.467. The van der Waals surface area contributed by atoms with E-state index in [1.165, 1.54) is 81.9 Å². The van der Waals surface area contributed by atoms with E-state index in [0.717, 1.165) is 34.1 Å². The van der Waals surface area contributed by atoms with Crippen molar-refractivity contribution in [2.24, 2.45) is 0 Å². The van der Waals surface area contributed by atoms with E-state index >= 15 is 0 Å². The average Bonchev–Trinajstić information content (AvgIpc) is 3.77. The summed E-state index contributed by atoms with van der Waals surface area (Å²) in [6.45, 7) is 13.4. The second kappa shape index (κ2) is 14.3. The molecule has 0 unspecified atom stereocenters. The van der Waals surface area contributed by atoms with Gasteiger partial charge in [0.05, 0.1) is 16.6 Å². The third kappa shape index (κ3) is 6.10. The number of fused-ring (bicyclic) bond motifs is 9. The predicted molar refractivity (Wildman–Crippen MR) is 263 cm³/mol. The van der Waals surface area contributed by atoms with Gasteiger partial charge in [0.2, 0.25) is 0 Å². The van der Waals surface area contributed by atoms with Crippen molar-refractivity contribution in [2.75, 3.05) is 9.80 Å². The van der Waals surface area contributed by atoms with Crippen LogP contribution >= 0.6 is 0 Å². The Balaban J connectivity index is 1.19. The molecule has 0 aliphatic heterocycles. The highest BCUT2D eigenvalue weighted by Gasteiger charge is 2.24. The molecule has 296 valence electrons. The van der Waals surface area contributed by atoms with Gasteiger partial charge in [-0.25, -0.2) is 0 Å². The lowest BCUT2D eigenvalue weighted by Crippen LogP contribution is -2.10. The minimum Gasteiger partial charge on any atom is -0.310 e. The first-order valence-corrected chi connectivity index (χ1v) is 21.7. The molecule has 2 aromatic heterocycles. The lowest BCUT2D eigenvalue weighted by atomic mass is 9.97. The van der Waals surface area contributed by atoms with Gasteiger partial charge >= 0.3 is 0 Å². The molecule has 0 fully saturated rings. The summed E-state index contributed by atoms with van der Waals surface area (Å²) in [5, 5.41) is 10.1. The molecule has 0 atom stereocenters. The standard InChI is InChI=1S/C58H49N3/c1-36(2)40-17-22-45(23-18-40)59(47-15-9-11-38(5)29-47)49-26-21-44-32-53-51-28-27-50(60(48-16-10-12-39(6)30-48)46-24-19-41(20-25-46)37(3)4)35-56(51)61-55-33-43-14-8-7-13-42(43)31-54(55)57(58(53)61)52(44)34-49/h7-37H,1-6H3. The Hall–Kier alpha value is -7.10. The van der Waals surface area contributed by atoms with Crippen LogP contribution in [0, 0.1) is 13.8 Å². The lowest BCUT2D eigenvalue weighted by Gasteiger charge is -2.26. The summed E-state index contributed by atoms with van der Waals surface area (Å²) in [5.74, 6) is 0.934. The third-order valence-corrected chi connectivity index (χ3v) is 12.9. The van der Waals surface area contributed by atoms with Crippen LogP contribution in [0.2, 0.25) is 0 Å².